The Morgan fingerprint density at radius 2 is 1.96 bits per heavy atom. The number of carbonyl (C=O) groups excluding carboxylic acids is 1. The van der Waals surface area contributed by atoms with Crippen molar-refractivity contribution in [2.75, 3.05) is 12.4 Å². The summed E-state index contributed by atoms with van der Waals surface area (Å²) < 4.78 is 9.98. The van der Waals surface area contributed by atoms with Crippen LogP contribution in [0.1, 0.15) is 34.0 Å². The van der Waals surface area contributed by atoms with Gasteiger partial charge >= 0.3 is 11.6 Å². The predicted octanol–water partition coefficient (Wildman–Crippen LogP) is 3.77. The lowest BCUT2D eigenvalue weighted by molar-refractivity contribution is 0.0601. The van der Waals surface area contributed by atoms with Crippen molar-refractivity contribution in [2.45, 2.75) is 26.8 Å². The van der Waals surface area contributed by atoms with Crippen molar-refractivity contribution in [3.63, 3.8) is 0 Å². The van der Waals surface area contributed by atoms with Crippen LogP contribution in [0.2, 0.25) is 0 Å². The Hall–Kier alpha value is -3.28. The van der Waals surface area contributed by atoms with Gasteiger partial charge in [0.15, 0.2) is 0 Å². The number of phenolic OH excluding ortho intramolecular Hbond substituents is 1. The van der Waals surface area contributed by atoms with Crippen molar-refractivity contribution < 1.29 is 19.1 Å². The topological polar surface area (TPSA) is 88.8 Å². The van der Waals surface area contributed by atoms with E-state index in [1.807, 2.05) is 26.0 Å². The summed E-state index contributed by atoms with van der Waals surface area (Å²) in [5.74, 6) is -0.299. The Bertz CT molecular complexity index is 1070. The molecule has 0 spiro atoms. The highest BCUT2D eigenvalue weighted by atomic mass is 16.5. The molecule has 0 bridgehead atoms. The van der Waals surface area contributed by atoms with E-state index in [4.69, 9.17) is 9.15 Å². The number of hydrogen-bond acceptors (Lipinski definition) is 6. The second kappa shape index (κ2) is 7.53. The number of hydrogen-bond donors (Lipinski definition) is 2. The summed E-state index contributed by atoms with van der Waals surface area (Å²) in [5, 5.41) is 14.1. The highest BCUT2D eigenvalue weighted by Gasteiger charge is 2.12. The molecule has 3 rings (SSSR count). The van der Waals surface area contributed by atoms with Gasteiger partial charge in [0.25, 0.3) is 0 Å². The molecule has 0 saturated carbocycles. The number of fused-ring (bicyclic) bond motifs is 1. The zero-order valence-electron chi connectivity index (χ0n) is 15.5. The lowest BCUT2D eigenvalue weighted by Gasteiger charge is -2.13. The van der Waals surface area contributed by atoms with Crippen LogP contribution in [0.3, 0.4) is 0 Å². The van der Waals surface area contributed by atoms with Gasteiger partial charge in [-0.3, -0.25) is 0 Å². The third kappa shape index (κ3) is 3.79. The maximum Gasteiger partial charge on any atom is 0.337 e. The molecule has 1 heterocycles. The third-order valence-corrected chi connectivity index (χ3v) is 4.54. The van der Waals surface area contributed by atoms with E-state index >= 15 is 0 Å². The summed E-state index contributed by atoms with van der Waals surface area (Å²) in [6, 6.07) is 10.0. The fraction of sp³-hybridized carbons (Fsp3) is 0.238. The number of methoxy groups -OCH3 is 1. The van der Waals surface area contributed by atoms with E-state index in [1.165, 1.54) is 19.2 Å². The Kier molecular flexibility index (Phi) is 5.16. The Morgan fingerprint density at radius 3 is 2.67 bits per heavy atom. The van der Waals surface area contributed by atoms with E-state index in [1.54, 1.807) is 12.1 Å². The molecule has 1 aromatic heterocycles. The number of phenols is 1. The average molecular weight is 367 g/mol. The second-order valence-corrected chi connectivity index (χ2v) is 6.30. The fourth-order valence-electron chi connectivity index (χ4n) is 2.98. The molecule has 2 N–H and O–H groups in total. The van der Waals surface area contributed by atoms with Crippen molar-refractivity contribution in [2.24, 2.45) is 0 Å². The minimum atomic E-state index is -0.483. The second-order valence-electron chi connectivity index (χ2n) is 6.30. The maximum absolute atomic E-state index is 11.9. The largest absolute Gasteiger partial charge is 0.508 e. The summed E-state index contributed by atoms with van der Waals surface area (Å²) in [7, 11) is 1.34. The van der Waals surface area contributed by atoms with Crippen LogP contribution in [-0.2, 0) is 17.7 Å². The number of rotatable bonds is 5. The van der Waals surface area contributed by atoms with Gasteiger partial charge in [-0.2, -0.15) is 0 Å². The van der Waals surface area contributed by atoms with Gasteiger partial charge in [0, 0.05) is 29.8 Å². The first kappa shape index (κ1) is 18.5. The summed E-state index contributed by atoms with van der Waals surface area (Å²) in [6.45, 7) is 4.23. The molecule has 27 heavy (non-hydrogen) atoms. The van der Waals surface area contributed by atoms with E-state index in [2.05, 4.69) is 5.32 Å². The van der Waals surface area contributed by atoms with E-state index < -0.39 is 11.6 Å². The smallest absolute Gasteiger partial charge is 0.337 e. The maximum atomic E-state index is 11.9. The molecule has 0 unspecified atom stereocenters. The molecule has 0 aliphatic heterocycles. The molecule has 140 valence electrons. The van der Waals surface area contributed by atoms with E-state index in [0.29, 0.717) is 24.1 Å². The quantitative estimate of drug-likeness (QED) is 0.527. The van der Waals surface area contributed by atoms with Gasteiger partial charge in [0.1, 0.15) is 11.3 Å². The van der Waals surface area contributed by atoms with E-state index in [-0.39, 0.29) is 5.75 Å². The van der Waals surface area contributed by atoms with Crippen molar-refractivity contribution in [1.82, 2.24) is 0 Å². The highest BCUT2D eigenvalue weighted by molar-refractivity contribution is 5.90. The zero-order valence-corrected chi connectivity index (χ0v) is 15.5. The molecule has 0 atom stereocenters. The molecular weight excluding hydrogens is 346 g/mol. The molecule has 0 saturated heterocycles. The number of esters is 1. The molecule has 2 aromatic carbocycles. The van der Waals surface area contributed by atoms with Gasteiger partial charge in [-0.05, 0) is 48.2 Å². The van der Waals surface area contributed by atoms with Gasteiger partial charge in [0.2, 0.25) is 0 Å². The van der Waals surface area contributed by atoms with E-state index in [0.717, 1.165) is 27.8 Å². The molecule has 3 aromatic rings. The standard InChI is InChI=1S/C21H21NO5/c1-4-13-7-16-15(9-20(24)27-19(16)10-18(13)23)11-22-17-8-14(21(25)26-3)6-5-12(17)2/h5-10,22-23H,4,11H2,1-3H3. The van der Waals surface area contributed by atoms with Crippen LogP contribution in [0.15, 0.2) is 45.6 Å². The fourth-order valence-corrected chi connectivity index (χ4v) is 2.98. The van der Waals surface area contributed by atoms with Crippen molar-refractivity contribution >= 4 is 22.6 Å². The van der Waals surface area contributed by atoms with Crippen LogP contribution >= 0.6 is 0 Å². The van der Waals surface area contributed by atoms with Crippen LogP contribution in [0, 0.1) is 6.92 Å². The molecule has 0 aliphatic rings. The van der Waals surface area contributed by atoms with Crippen LogP contribution in [-0.4, -0.2) is 18.2 Å². The number of aryl methyl sites for hydroxylation is 2. The number of anilines is 1. The van der Waals surface area contributed by atoms with Crippen LogP contribution in [0.5, 0.6) is 5.75 Å². The molecular formula is C21H21NO5. The lowest BCUT2D eigenvalue weighted by atomic mass is 10.0. The summed E-state index contributed by atoms with van der Waals surface area (Å²) in [5.41, 5.74) is 3.56. The number of carbonyl (C=O) groups is 1. The van der Waals surface area contributed by atoms with Crippen LogP contribution in [0.25, 0.3) is 11.0 Å². The van der Waals surface area contributed by atoms with E-state index in [9.17, 15) is 14.7 Å². The summed E-state index contributed by atoms with van der Waals surface area (Å²) in [4.78, 5) is 23.6. The Balaban J connectivity index is 1.98. The zero-order chi connectivity index (χ0) is 19.6. The molecule has 0 aliphatic carbocycles. The Morgan fingerprint density at radius 1 is 1.19 bits per heavy atom. The number of aromatic hydroxyl groups is 1. The molecule has 0 radical (unpaired) electrons. The first-order valence-electron chi connectivity index (χ1n) is 8.64. The Labute approximate surface area is 156 Å². The average Bonchev–Trinajstić information content (AvgIpc) is 2.65. The van der Waals surface area contributed by atoms with Crippen LogP contribution < -0.4 is 10.9 Å². The minimum absolute atomic E-state index is 0.111. The lowest BCUT2D eigenvalue weighted by Crippen LogP contribution is -2.08. The molecule has 0 amide bonds. The van der Waals surface area contributed by atoms with Gasteiger partial charge in [-0.1, -0.05) is 13.0 Å². The van der Waals surface area contributed by atoms with Gasteiger partial charge in [-0.15, -0.1) is 0 Å². The third-order valence-electron chi connectivity index (χ3n) is 4.54. The van der Waals surface area contributed by atoms with Crippen molar-refractivity contribution in [3.8, 4) is 5.75 Å². The monoisotopic (exact) mass is 367 g/mol. The molecule has 6 heteroatoms. The summed E-state index contributed by atoms with van der Waals surface area (Å²) in [6.07, 6.45) is 0.661. The normalized spacial score (nSPS) is 10.8. The minimum Gasteiger partial charge on any atom is -0.508 e. The first-order chi connectivity index (χ1) is 12.9. The molecule has 6 nitrogen and oxygen atoms in total. The molecule has 0 fully saturated rings. The van der Waals surface area contributed by atoms with Gasteiger partial charge < -0.3 is 19.6 Å². The van der Waals surface area contributed by atoms with Crippen molar-refractivity contribution in [1.29, 1.82) is 0 Å². The predicted molar refractivity (Wildman–Crippen MR) is 103 cm³/mol. The van der Waals surface area contributed by atoms with Crippen molar-refractivity contribution in [3.05, 3.63) is 69.1 Å². The van der Waals surface area contributed by atoms with Crippen LogP contribution in [0.4, 0.5) is 5.69 Å². The first-order valence-corrected chi connectivity index (χ1v) is 8.64. The number of benzene rings is 2. The summed E-state index contributed by atoms with van der Waals surface area (Å²) >= 11 is 0. The number of ether oxygens (including phenoxy) is 1. The highest BCUT2D eigenvalue weighted by Crippen LogP contribution is 2.27. The SMILES string of the molecule is CCc1cc2c(CNc3cc(C(=O)OC)ccc3C)cc(=O)oc2cc1O. The van der Waals surface area contributed by atoms with Gasteiger partial charge in [-0.25, -0.2) is 9.59 Å². The van der Waals surface area contributed by atoms with Gasteiger partial charge in [0.05, 0.1) is 12.7 Å². The number of nitrogens with one attached hydrogen (secondary N) is 1.